The maximum absolute atomic E-state index is 12.6. The number of hydrogen-bond acceptors (Lipinski definition) is 2. The molecule has 0 radical (unpaired) electrons. The van der Waals surface area contributed by atoms with Crippen molar-refractivity contribution in [2.45, 2.75) is 19.5 Å². The molecule has 0 aliphatic rings. The quantitative estimate of drug-likeness (QED) is 0.677. The highest BCUT2D eigenvalue weighted by atomic mass is 19.4. The summed E-state index contributed by atoms with van der Waals surface area (Å²) < 4.78 is 37.8. The standard InChI is InChI=1S/C17H15F3N2O/c1-12-5-7-13(8-6-12)11-21-22-16(23)10-14-3-2-4-15(9-14)17(18,19)20/h2-9,11H,10H2,1H3,(H,22,23)/b21-11-. The summed E-state index contributed by atoms with van der Waals surface area (Å²) >= 11 is 0. The topological polar surface area (TPSA) is 41.5 Å². The van der Waals surface area contributed by atoms with Crippen molar-refractivity contribution < 1.29 is 18.0 Å². The third-order valence-electron chi connectivity index (χ3n) is 3.10. The van der Waals surface area contributed by atoms with Gasteiger partial charge in [-0.05, 0) is 24.1 Å². The summed E-state index contributed by atoms with van der Waals surface area (Å²) in [6.07, 6.45) is -3.12. The lowest BCUT2D eigenvalue weighted by Gasteiger charge is -2.08. The molecule has 0 aliphatic heterocycles. The summed E-state index contributed by atoms with van der Waals surface area (Å²) in [5, 5.41) is 3.79. The van der Waals surface area contributed by atoms with Crippen molar-refractivity contribution >= 4 is 12.1 Å². The summed E-state index contributed by atoms with van der Waals surface area (Å²) in [4.78, 5) is 11.7. The number of amides is 1. The summed E-state index contributed by atoms with van der Waals surface area (Å²) in [7, 11) is 0. The maximum atomic E-state index is 12.6. The second kappa shape index (κ2) is 7.09. The molecule has 3 nitrogen and oxygen atoms in total. The third-order valence-corrected chi connectivity index (χ3v) is 3.10. The van der Waals surface area contributed by atoms with Crippen LogP contribution in [0.3, 0.4) is 0 Å². The van der Waals surface area contributed by atoms with E-state index in [0.29, 0.717) is 0 Å². The number of carbonyl (C=O) groups is 1. The van der Waals surface area contributed by atoms with Gasteiger partial charge in [-0.1, -0.05) is 48.0 Å². The minimum Gasteiger partial charge on any atom is -0.273 e. The second-order valence-corrected chi connectivity index (χ2v) is 5.08. The lowest BCUT2D eigenvalue weighted by atomic mass is 10.1. The number of carbonyl (C=O) groups excluding carboxylic acids is 1. The molecule has 6 heteroatoms. The fourth-order valence-corrected chi connectivity index (χ4v) is 1.91. The van der Waals surface area contributed by atoms with Crippen molar-refractivity contribution in [1.29, 1.82) is 0 Å². The van der Waals surface area contributed by atoms with Crippen molar-refractivity contribution in [3.05, 3.63) is 70.8 Å². The van der Waals surface area contributed by atoms with Crippen molar-refractivity contribution in [3.63, 3.8) is 0 Å². The van der Waals surface area contributed by atoms with Gasteiger partial charge in [0.1, 0.15) is 0 Å². The molecule has 0 unspecified atom stereocenters. The number of hydrogen-bond donors (Lipinski definition) is 1. The fourth-order valence-electron chi connectivity index (χ4n) is 1.91. The summed E-state index contributed by atoms with van der Waals surface area (Å²) in [5.41, 5.74) is 3.73. The lowest BCUT2D eigenvalue weighted by molar-refractivity contribution is -0.137. The highest BCUT2D eigenvalue weighted by Crippen LogP contribution is 2.29. The van der Waals surface area contributed by atoms with Crippen molar-refractivity contribution in [1.82, 2.24) is 5.43 Å². The first-order valence-electron chi connectivity index (χ1n) is 6.89. The highest BCUT2D eigenvalue weighted by molar-refractivity contribution is 5.83. The van der Waals surface area contributed by atoms with Crippen LogP contribution in [0.2, 0.25) is 0 Å². The second-order valence-electron chi connectivity index (χ2n) is 5.08. The molecule has 2 aromatic rings. The smallest absolute Gasteiger partial charge is 0.273 e. The molecule has 120 valence electrons. The number of nitrogens with zero attached hydrogens (tertiary/aromatic N) is 1. The van der Waals surface area contributed by atoms with Crippen LogP contribution in [0.15, 0.2) is 53.6 Å². The van der Waals surface area contributed by atoms with Gasteiger partial charge in [0.25, 0.3) is 0 Å². The molecule has 1 amide bonds. The first-order valence-corrected chi connectivity index (χ1v) is 6.89. The average Bonchev–Trinajstić information content (AvgIpc) is 2.49. The Morgan fingerprint density at radius 3 is 2.52 bits per heavy atom. The number of benzene rings is 2. The first-order chi connectivity index (χ1) is 10.8. The Morgan fingerprint density at radius 2 is 1.87 bits per heavy atom. The molecule has 0 aliphatic carbocycles. The van der Waals surface area contributed by atoms with Gasteiger partial charge < -0.3 is 0 Å². The van der Waals surface area contributed by atoms with E-state index in [1.165, 1.54) is 18.3 Å². The van der Waals surface area contributed by atoms with Gasteiger partial charge in [0.15, 0.2) is 0 Å². The van der Waals surface area contributed by atoms with E-state index in [0.717, 1.165) is 23.3 Å². The van der Waals surface area contributed by atoms with Gasteiger partial charge in [-0.3, -0.25) is 4.79 Å². The Labute approximate surface area is 131 Å². The molecular formula is C17H15F3N2O. The molecule has 0 aromatic heterocycles. The van der Waals surface area contributed by atoms with Gasteiger partial charge in [-0.15, -0.1) is 0 Å². The van der Waals surface area contributed by atoms with Crippen molar-refractivity contribution in [3.8, 4) is 0 Å². The van der Waals surface area contributed by atoms with E-state index >= 15 is 0 Å². The SMILES string of the molecule is Cc1ccc(/C=N\NC(=O)Cc2cccc(C(F)(F)F)c2)cc1. The zero-order valence-electron chi connectivity index (χ0n) is 12.4. The summed E-state index contributed by atoms with van der Waals surface area (Å²) in [6, 6.07) is 12.2. The van der Waals surface area contributed by atoms with Gasteiger partial charge in [0.2, 0.25) is 5.91 Å². The van der Waals surface area contributed by atoms with Crippen molar-refractivity contribution in [2.24, 2.45) is 5.10 Å². The van der Waals surface area contributed by atoms with E-state index < -0.39 is 17.6 Å². The Balaban J connectivity index is 1.93. The van der Waals surface area contributed by atoms with E-state index in [4.69, 9.17) is 0 Å². The largest absolute Gasteiger partial charge is 0.416 e. The molecule has 0 atom stereocenters. The minimum atomic E-state index is -4.42. The number of alkyl halides is 3. The zero-order valence-corrected chi connectivity index (χ0v) is 12.4. The number of rotatable bonds is 4. The van der Waals surface area contributed by atoms with Crippen LogP contribution < -0.4 is 5.43 Å². The van der Waals surface area contributed by atoms with Gasteiger partial charge in [0, 0.05) is 0 Å². The van der Waals surface area contributed by atoms with Gasteiger partial charge in [-0.2, -0.15) is 18.3 Å². The molecule has 0 saturated heterocycles. The average molecular weight is 320 g/mol. The van der Waals surface area contributed by atoms with Crippen LogP contribution in [0.1, 0.15) is 22.3 Å². The highest BCUT2D eigenvalue weighted by Gasteiger charge is 2.30. The van der Waals surface area contributed by atoms with Gasteiger partial charge in [0.05, 0.1) is 18.2 Å². The van der Waals surface area contributed by atoms with Crippen LogP contribution >= 0.6 is 0 Å². The lowest BCUT2D eigenvalue weighted by Crippen LogP contribution is -2.20. The van der Waals surface area contributed by atoms with Crippen molar-refractivity contribution in [2.75, 3.05) is 0 Å². The monoisotopic (exact) mass is 320 g/mol. The Bertz CT molecular complexity index is 707. The Kier molecular flexibility index (Phi) is 5.16. The van der Waals surface area contributed by atoms with E-state index in [1.54, 1.807) is 0 Å². The zero-order chi connectivity index (χ0) is 16.9. The van der Waals surface area contributed by atoms with Gasteiger partial charge >= 0.3 is 6.18 Å². The van der Waals surface area contributed by atoms with E-state index in [2.05, 4.69) is 10.5 Å². The molecule has 0 heterocycles. The van der Waals surface area contributed by atoms with Crippen LogP contribution in [-0.2, 0) is 17.4 Å². The molecule has 2 rings (SSSR count). The van der Waals surface area contributed by atoms with E-state index in [9.17, 15) is 18.0 Å². The maximum Gasteiger partial charge on any atom is 0.416 e. The van der Waals surface area contributed by atoms with Crippen LogP contribution in [0, 0.1) is 6.92 Å². The molecule has 0 bridgehead atoms. The third kappa shape index (κ3) is 5.25. The normalized spacial score (nSPS) is 11.7. The van der Waals surface area contributed by atoms with Crippen LogP contribution in [-0.4, -0.2) is 12.1 Å². The summed E-state index contributed by atoms with van der Waals surface area (Å²) in [5.74, 6) is -0.479. The molecule has 1 N–H and O–H groups in total. The number of nitrogens with one attached hydrogen (secondary N) is 1. The number of halogens is 3. The van der Waals surface area contributed by atoms with Crippen LogP contribution in [0.25, 0.3) is 0 Å². The number of hydrazone groups is 1. The Hall–Kier alpha value is -2.63. The molecule has 0 saturated carbocycles. The van der Waals surface area contributed by atoms with Crippen LogP contribution in [0.5, 0.6) is 0 Å². The summed E-state index contributed by atoms with van der Waals surface area (Å²) in [6.45, 7) is 1.96. The predicted molar refractivity (Wildman–Crippen MR) is 82.1 cm³/mol. The molecule has 2 aromatic carbocycles. The number of aryl methyl sites for hydroxylation is 1. The van der Waals surface area contributed by atoms with E-state index in [-0.39, 0.29) is 12.0 Å². The molecule has 0 fully saturated rings. The predicted octanol–water partition coefficient (Wildman–Crippen LogP) is 3.71. The minimum absolute atomic E-state index is 0.171. The first kappa shape index (κ1) is 16.7. The van der Waals surface area contributed by atoms with E-state index in [1.807, 2.05) is 31.2 Å². The Morgan fingerprint density at radius 1 is 1.17 bits per heavy atom. The molecule has 23 heavy (non-hydrogen) atoms. The van der Waals surface area contributed by atoms with Gasteiger partial charge in [-0.25, -0.2) is 5.43 Å². The molecular weight excluding hydrogens is 305 g/mol. The van der Waals surface area contributed by atoms with Crippen LogP contribution in [0.4, 0.5) is 13.2 Å². The fraction of sp³-hybridized carbons (Fsp3) is 0.176. The molecule has 0 spiro atoms.